The Labute approximate surface area is 122 Å². The van der Waals surface area contributed by atoms with Gasteiger partial charge in [0.2, 0.25) is 10.0 Å². The normalized spacial score (nSPS) is 12.1. The molecule has 0 aromatic heterocycles. The standard InChI is InChI=1S/C14H24N2O3S/c1-5-19-10-9-16(4)20(17,18)14-8-6-7-13(11-15-3)12(14)2/h6-8,15H,5,9-11H2,1-4H3. The number of sulfonamides is 1. The van der Waals surface area contributed by atoms with Crippen molar-refractivity contribution < 1.29 is 13.2 Å². The molecule has 0 saturated heterocycles. The fourth-order valence-corrected chi connectivity index (χ4v) is 3.37. The van der Waals surface area contributed by atoms with Crippen LogP contribution in [0.25, 0.3) is 0 Å². The summed E-state index contributed by atoms with van der Waals surface area (Å²) in [6.45, 7) is 5.73. The van der Waals surface area contributed by atoms with Gasteiger partial charge in [-0.05, 0) is 38.1 Å². The van der Waals surface area contributed by atoms with Gasteiger partial charge in [0.05, 0.1) is 11.5 Å². The van der Waals surface area contributed by atoms with Gasteiger partial charge in [0.1, 0.15) is 0 Å². The van der Waals surface area contributed by atoms with Crippen molar-refractivity contribution in [3.05, 3.63) is 29.3 Å². The Bertz CT molecular complexity index is 529. The van der Waals surface area contributed by atoms with E-state index >= 15 is 0 Å². The molecule has 0 unspecified atom stereocenters. The van der Waals surface area contributed by atoms with Crippen molar-refractivity contribution in [2.45, 2.75) is 25.3 Å². The molecule has 0 atom stereocenters. The summed E-state index contributed by atoms with van der Waals surface area (Å²) in [7, 11) is -0.0414. The van der Waals surface area contributed by atoms with Gasteiger partial charge in [0.25, 0.3) is 0 Å². The minimum absolute atomic E-state index is 0.353. The summed E-state index contributed by atoms with van der Waals surface area (Å²) in [4.78, 5) is 0.365. The molecule has 0 saturated carbocycles. The minimum atomic E-state index is -3.47. The van der Waals surface area contributed by atoms with Gasteiger partial charge in [-0.2, -0.15) is 4.31 Å². The van der Waals surface area contributed by atoms with E-state index in [4.69, 9.17) is 4.74 Å². The van der Waals surface area contributed by atoms with Gasteiger partial charge >= 0.3 is 0 Å². The van der Waals surface area contributed by atoms with Crippen molar-refractivity contribution in [1.82, 2.24) is 9.62 Å². The molecule has 20 heavy (non-hydrogen) atoms. The van der Waals surface area contributed by atoms with Gasteiger partial charge < -0.3 is 10.1 Å². The quantitative estimate of drug-likeness (QED) is 0.737. The molecule has 0 aliphatic heterocycles. The van der Waals surface area contributed by atoms with Crippen LogP contribution in [0.2, 0.25) is 0 Å². The third-order valence-electron chi connectivity index (χ3n) is 3.21. The summed E-state index contributed by atoms with van der Waals surface area (Å²) in [5.74, 6) is 0. The minimum Gasteiger partial charge on any atom is -0.380 e. The molecule has 0 spiro atoms. The highest BCUT2D eigenvalue weighted by Crippen LogP contribution is 2.21. The zero-order valence-electron chi connectivity index (χ0n) is 12.6. The third-order valence-corrected chi connectivity index (χ3v) is 5.21. The molecule has 1 rings (SSSR count). The molecule has 0 fully saturated rings. The lowest BCUT2D eigenvalue weighted by Crippen LogP contribution is -2.31. The first kappa shape index (κ1) is 17.1. The van der Waals surface area contributed by atoms with Crippen LogP contribution in [-0.4, -0.2) is 46.6 Å². The maximum absolute atomic E-state index is 12.6. The molecular formula is C14H24N2O3S. The molecule has 6 heteroatoms. The van der Waals surface area contributed by atoms with E-state index in [-0.39, 0.29) is 0 Å². The zero-order valence-corrected chi connectivity index (χ0v) is 13.5. The highest BCUT2D eigenvalue weighted by molar-refractivity contribution is 7.89. The Hall–Kier alpha value is -0.950. The Morgan fingerprint density at radius 2 is 2.05 bits per heavy atom. The first-order valence-electron chi connectivity index (χ1n) is 6.72. The number of hydrogen-bond acceptors (Lipinski definition) is 4. The van der Waals surface area contributed by atoms with Crippen molar-refractivity contribution in [3.63, 3.8) is 0 Å². The summed E-state index contributed by atoms with van der Waals surface area (Å²) in [6, 6.07) is 5.37. The largest absolute Gasteiger partial charge is 0.380 e. The molecule has 0 amide bonds. The number of rotatable bonds is 8. The maximum Gasteiger partial charge on any atom is 0.243 e. The fourth-order valence-electron chi connectivity index (χ4n) is 1.95. The lowest BCUT2D eigenvalue weighted by molar-refractivity contribution is 0.138. The van der Waals surface area contributed by atoms with Crippen LogP contribution in [0.3, 0.4) is 0 Å². The van der Waals surface area contributed by atoms with E-state index in [1.807, 2.05) is 27.0 Å². The lowest BCUT2D eigenvalue weighted by Gasteiger charge is -2.19. The van der Waals surface area contributed by atoms with Gasteiger partial charge in [-0.3, -0.25) is 0 Å². The highest BCUT2D eigenvalue weighted by atomic mass is 32.2. The summed E-state index contributed by atoms with van der Waals surface area (Å²) >= 11 is 0. The number of benzene rings is 1. The van der Waals surface area contributed by atoms with Crippen LogP contribution in [0.5, 0.6) is 0 Å². The molecule has 1 N–H and O–H groups in total. The summed E-state index contributed by atoms with van der Waals surface area (Å²) in [6.07, 6.45) is 0. The topological polar surface area (TPSA) is 58.6 Å². The molecule has 0 bridgehead atoms. The second-order valence-corrected chi connectivity index (χ2v) is 6.61. The first-order chi connectivity index (χ1) is 9.45. The molecular weight excluding hydrogens is 276 g/mol. The average Bonchev–Trinajstić information content (AvgIpc) is 2.41. The van der Waals surface area contributed by atoms with Crippen LogP contribution in [0.15, 0.2) is 23.1 Å². The number of likely N-dealkylation sites (N-methyl/N-ethyl adjacent to an activating group) is 1. The summed E-state index contributed by atoms with van der Waals surface area (Å²) in [5.41, 5.74) is 1.79. The summed E-state index contributed by atoms with van der Waals surface area (Å²) < 4.78 is 31.7. The Balaban J connectivity index is 3.00. The van der Waals surface area contributed by atoms with Crippen LogP contribution in [0, 0.1) is 6.92 Å². The average molecular weight is 300 g/mol. The highest BCUT2D eigenvalue weighted by Gasteiger charge is 2.23. The van der Waals surface area contributed by atoms with Crippen LogP contribution in [0.4, 0.5) is 0 Å². The monoisotopic (exact) mass is 300 g/mol. The Morgan fingerprint density at radius 1 is 1.35 bits per heavy atom. The molecule has 114 valence electrons. The van der Waals surface area contributed by atoms with Crippen molar-refractivity contribution >= 4 is 10.0 Å². The maximum atomic E-state index is 12.6. The van der Waals surface area contributed by atoms with Crippen LogP contribution < -0.4 is 5.32 Å². The second-order valence-electron chi connectivity index (χ2n) is 4.59. The van der Waals surface area contributed by atoms with Gasteiger partial charge in [-0.25, -0.2) is 8.42 Å². The zero-order chi connectivity index (χ0) is 15.2. The molecule has 0 aliphatic carbocycles. The molecule has 1 aromatic carbocycles. The van der Waals surface area contributed by atoms with E-state index in [1.54, 1.807) is 19.2 Å². The molecule has 0 radical (unpaired) electrons. The third kappa shape index (κ3) is 4.02. The predicted molar refractivity (Wildman–Crippen MR) is 80.3 cm³/mol. The number of hydrogen-bond donors (Lipinski definition) is 1. The van der Waals surface area contributed by atoms with Crippen molar-refractivity contribution in [2.75, 3.05) is 33.9 Å². The van der Waals surface area contributed by atoms with Gasteiger partial charge in [-0.15, -0.1) is 0 Å². The summed E-state index contributed by atoms with van der Waals surface area (Å²) in [5, 5.41) is 3.05. The van der Waals surface area contributed by atoms with E-state index < -0.39 is 10.0 Å². The van der Waals surface area contributed by atoms with E-state index in [9.17, 15) is 8.42 Å². The molecule has 1 aromatic rings. The van der Waals surface area contributed by atoms with E-state index in [0.29, 0.717) is 31.2 Å². The molecule has 0 heterocycles. The van der Waals surface area contributed by atoms with E-state index in [0.717, 1.165) is 11.1 Å². The predicted octanol–water partition coefficient (Wildman–Crippen LogP) is 1.37. The first-order valence-corrected chi connectivity index (χ1v) is 8.16. The van der Waals surface area contributed by atoms with Crippen LogP contribution >= 0.6 is 0 Å². The van der Waals surface area contributed by atoms with Gasteiger partial charge in [0, 0.05) is 26.7 Å². The lowest BCUT2D eigenvalue weighted by atomic mass is 10.1. The van der Waals surface area contributed by atoms with Gasteiger partial charge in [0.15, 0.2) is 0 Å². The Kier molecular flexibility index (Phi) is 6.61. The fraction of sp³-hybridized carbons (Fsp3) is 0.571. The van der Waals surface area contributed by atoms with Crippen molar-refractivity contribution in [3.8, 4) is 0 Å². The molecule has 0 aliphatic rings. The van der Waals surface area contributed by atoms with Crippen molar-refractivity contribution in [2.24, 2.45) is 0 Å². The van der Waals surface area contributed by atoms with Crippen LogP contribution in [-0.2, 0) is 21.3 Å². The van der Waals surface area contributed by atoms with Gasteiger partial charge in [-0.1, -0.05) is 12.1 Å². The Morgan fingerprint density at radius 3 is 2.65 bits per heavy atom. The number of ether oxygens (including phenoxy) is 1. The van der Waals surface area contributed by atoms with E-state index in [1.165, 1.54) is 4.31 Å². The smallest absolute Gasteiger partial charge is 0.243 e. The van der Waals surface area contributed by atoms with Crippen LogP contribution in [0.1, 0.15) is 18.1 Å². The SMILES string of the molecule is CCOCCN(C)S(=O)(=O)c1cccc(CNC)c1C. The number of nitrogens with zero attached hydrogens (tertiary/aromatic N) is 1. The molecule has 5 nitrogen and oxygen atoms in total. The van der Waals surface area contributed by atoms with E-state index in [2.05, 4.69) is 5.32 Å². The number of nitrogens with one attached hydrogen (secondary N) is 1. The van der Waals surface area contributed by atoms with Crippen molar-refractivity contribution in [1.29, 1.82) is 0 Å². The second kappa shape index (κ2) is 7.73.